The average Bonchev–Trinajstić information content (AvgIpc) is 2.42. The smallest absolute Gasteiger partial charge is 0.323 e. The molecule has 19 heavy (non-hydrogen) atoms. The Morgan fingerprint density at radius 3 is 2.74 bits per heavy atom. The number of carboxylic acids is 1. The van der Waals surface area contributed by atoms with Gasteiger partial charge in [0, 0.05) is 13.7 Å². The van der Waals surface area contributed by atoms with E-state index >= 15 is 0 Å². The number of carboxylic acid groups (broad SMARTS) is 1. The van der Waals surface area contributed by atoms with Crippen molar-refractivity contribution in [3.05, 3.63) is 24.3 Å². The van der Waals surface area contributed by atoms with Crippen molar-refractivity contribution in [3.8, 4) is 0 Å². The van der Waals surface area contributed by atoms with Crippen molar-refractivity contribution in [2.24, 2.45) is 0 Å². The number of rotatable bonds is 6. The molecule has 1 aromatic carbocycles. The van der Waals surface area contributed by atoms with Crippen molar-refractivity contribution < 1.29 is 14.6 Å². The first-order valence-corrected chi connectivity index (χ1v) is 5.76. The Morgan fingerprint density at radius 2 is 2.05 bits per heavy atom. The summed E-state index contributed by atoms with van der Waals surface area (Å²) in [7, 11) is 1.55. The van der Waals surface area contributed by atoms with Gasteiger partial charge < -0.3 is 14.7 Å². The second-order valence-electron chi connectivity index (χ2n) is 3.91. The van der Waals surface area contributed by atoms with E-state index in [4.69, 9.17) is 9.84 Å². The lowest BCUT2D eigenvalue weighted by molar-refractivity contribution is -0.135. The molecular formula is C12H14N4O3. The normalized spacial score (nSPS) is 10.6. The molecule has 2 rings (SSSR count). The van der Waals surface area contributed by atoms with Crippen LogP contribution in [-0.4, -0.2) is 53.1 Å². The number of fused-ring (bicyclic) bond motifs is 1. The number of methoxy groups -OCH3 is 1. The van der Waals surface area contributed by atoms with Gasteiger partial charge >= 0.3 is 5.97 Å². The molecule has 0 fully saturated rings. The maximum absolute atomic E-state index is 10.9. The molecule has 0 bridgehead atoms. The summed E-state index contributed by atoms with van der Waals surface area (Å²) in [6, 6.07) is 7.30. The fourth-order valence-corrected chi connectivity index (χ4v) is 1.62. The van der Waals surface area contributed by atoms with E-state index in [-0.39, 0.29) is 12.5 Å². The Hall–Kier alpha value is -2.28. The first-order valence-electron chi connectivity index (χ1n) is 5.76. The number of ether oxygens (including phenoxy) is 1. The Morgan fingerprint density at radius 1 is 1.32 bits per heavy atom. The molecule has 0 saturated heterocycles. The number of carbonyl (C=O) groups is 1. The Balaban J connectivity index is 2.29. The molecule has 2 aromatic rings. The summed E-state index contributed by atoms with van der Waals surface area (Å²) in [4.78, 5) is 16.7. The average molecular weight is 262 g/mol. The van der Waals surface area contributed by atoms with Gasteiger partial charge in [0.15, 0.2) is 0 Å². The fraction of sp³-hybridized carbons (Fsp3) is 0.333. The van der Waals surface area contributed by atoms with Gasteiger partial charge in [0.1, 0.15) is 12.1 Å². The van der Waals surface area contributed by atoms with Gasteiger partial charge in [0.2, 0.25) is 5.95 Å². The molecule has 0 amide bonds. The molecule has 0 radical (unpaired) electrons. The number of benzene rings is 1. The van der Waals surface area contributed by atoms with Crippen molar-refractivity contribution in [1.82, 2.24) is 15.2 Å². The number of hydrogen-bond acceptors (Lipinski definition) is 6. The Kier molecular flexibility index (Phi) is 4.19. The summed E-state index contributed by atoms with van der Waals surface area (Å²) in [6.45, 7) is 0.593. The molecular weight excluding hydrogens is 248 g/mol. The highest BCUT2D eigenvalue weighted by Crippen LogP contribution is 2.12. The van der Waals surface area contributed by atoms with E-state index in [9.17, 15) is 4.79 Å². The molecule has 0 unspecified atom stereocenters. The van der Waals surface area contributed by atoms with Crippen LogP contribution in [0.3, 0.4) is 0 Å². The van der Waals surface area contributed by atoms with E-state index in [2.05, 4.69) is 15.2 Å². The number of hydrogen-bond donors (Lipinski definition) is 1. The summed E-state index contributed by atoms with van der Waals surface area (Å²) in [5, 5.41) is 16.9. The molecule has 0 aliphatic heterocycles. The maximum atomic E-state index is 10.9. The van der Waals surface area contributed by atoms with E-state index in [1.807, 2.05) is 18.2 Å². The molecule has 1 aromatic heterocycles. The van der Waals surface area contributed by atoms with Crippen LogP contribution < -0.4 is 4.90 Å². The van der Waals surface area contributed by atoms with Gasteiger partial charge in [-0.05, 0) is 12.1 Å². The van der Waals surface area contributed by atoms with Crippen LogP contribution in [-0.2, 0) is 9.53 Å². The van der Waals surface area contributed by atoms with Crippen molar-refractivity contribution >= 4 is 23.0 Å². The zero-order valence-electron chi connectivity index (χ0n) is 10.5. The summed E-state index contributed by atoms with van der Waals surface area (Å²) in [5.41, 5.74) is 1.36. The molecule has 0 saturated carbocycles. The largest absolute Gasteiger partial charge is 0.480 e. The lowest BCUT2D eigenvalue weighted by Gasteiger charge is -2.19. The van der Waals surface area contributed by atoms with Gasteiger partial charge in [0.25, 0.3) is 0 Å². The number of para-hydroxylation sites is 1. The van der Waals surface area contributed by atoms with Crippen LogP contribution in [0.2, 0.25) is 0 Å². The number of nitrogens with zero attached hydrogens (tertiary/aromatic N) is 4. The minimum atomic E-state index is -0.951. The van der Waals surface area contributed by atoms with Crippen molar-refractivity contribution in [1.29, 1.82) is 0 Å². The Bertz CT molecular complexity index is 576. The van der Waals surface area contributed by atoms with Crippen LogP contribution in [0.15, 0.2) is 24.3 Å². The predicted octanol–water partition coefficient (Wildman–Crippen LogP) is 0.562. The first-order chi connectivity index (χ1) is 9.20. The minimum absolute atomic E-state index is 0.191. The van der Waals surface area contributed by atoms with Gasteiger partial charge in [-0.15, -0.1) is 10.2 Å². The second-order valence-corrected chi connectivity index (χ2v) is 3.91. The summed E-state index contributed by atoms with van der Waals surface area (Å²) >= 11 is 0. The topological polar surface area (TPSA) is 88.4 Å². The van der Waals surface area contributed by atoms with E-state index in [0.717, 1.165) is 0 Å². The zero-order valence-corrected chi connectivity index (χ0v) is 10.5. The van der Waals surface area contributed by atoms with Crippen LogP contribution in [0.5, 0.6) is 0 Å². The van der Waals surface area contributed by atoms with Crippen LogP contribution >= 0.6 is 0 Å². The van der Waals surface area contributed by atoms with Crippen molar-refractivity contribution in [2.45, 2.75) is 0 Å². The molecule has 1 heterocycles. The maximum Gasteiger partial charge on any atom is 0.323 e. The van der Waals surface area contributed by atoms with E-state index in [1.165, 1.54) is 4.90 Å². The molecule has 0 atom stereocenters. The van der Waals surface area contributed by atoms with Crippen LogP contribution in [0, 0.1) is 0 Å². The third kappa shape index (κ3) is 3.35. The molecule has 1 N–H and O–H groups in total. The zero-order chi connectivity index (χ0) is 13.7. The first kappa shape index (κ1) is 13.2. The van der Waals surface area contributed by atoms with Gasteiger partial charge in [-0.1, -0.05) is 12.1 Å². The molecule has 0 aliphatic carbocycles. The molecule has 100 valence electrons. The van der Waals surface area contributed by atoms with Gasteiger partial charge in [-0.2, -0.15) is 0 Å². The quantitative estimate of drug-likeness (QED) is 0.813. The monoisotopic (exact) mass is 262 g/mol. The SMILES string of the molecule is COCCN(CC(=O)O)c1nnc2ccccc2n1. The van der Waals surface area contributed by atoms with Gasteiger partial charge in [-0.25, -0.2) is 4.98 Å². The lowest BCUT2D eigenvalue weighted by Crippen LogP contribution is -2.34. The van der Waals surface area contributed by atoms with E-state index in [0.29, 0.717) is 24.2 Å². The highest BCUT2D eigenvalue weighted by Gasteiger charge is 2.14. The van der Waals surface area contributed by atoms with E-state index < -0.39 is 5.97 Å². The Labute approximate surface area is 109 Å². The number of aromatic nitrogens is 3. The van der Waals surface area contributed by atoms with Gasteiger partial charge in [-0.3, -0.25) is 4.79 Å². The summed E-state index contributed by atoms with van der Waals surface area (Å²) in [6.07, 6.45) is 0. The van der Waals surface area contributed by atoms with Crippen molar-refractivity contribution in [3.63, 3.8) is 0 Å². The van der Waals surface area contributed by atoms with E-state index in [1.54, 1.807) is 13.2 Å². The molecule has 0 spiro atoms. The molecule has 0 aliphatic rings. The highest BCUT2D eigenvalue weighted by atomic mass is 16.5. The number of aliphatic carboxylic acids is 1. The lowest BCUT2D eigenvalue weighted by atomic mass is 10.3. The van der Waals surface area contributed by atoms with Crippen LogP contribution in [0.25, 0.3) is 11.0 Å². The van der Waals surface area contributed by atoms with Crippen LogP contribution in [0.4, 0.5) is 5.95 Å². The second kappa shape index (κ2) is 6.05. The van der Waals surface area contributed by atoms with Crippen LogP contribution in [0.1, 0.15) is 0 Å². The van der Waals surface area contributed by atoms with Crippen molar-refractivity contribution in [2.75, 3.05) is 31.7 Å². The molecule has 7 nitrogen and oxygen atoms in total. The third-order valence-electron chi connectivity index (χ3n) is 2.52. The molecule has 7 heteroatoms. The minimum Gasteiger partial charge on any atom is -0.480 e. The predicted molar refractivity (Wildman–Crippen MR) is 69.1 cm³/mol. The summed E-state index contributed by atoms with van der Waals surface area (Å²) < 4.78 is 4.95. The standard InChI is InChI=1S/C12H14N4O3/c1-19-7-6-16(8-11(17)18)12-13-9-4-2-3-5-10(9)14-15-12/h2-5H,6-8H2,1H3,(H,17,18). The fourth-order valence-electron chi connectivity index (χ4n) is 1.62. The van der Waals surface area contributed by atoms with Gasteiger partial charge in [0.05, 0.1) is 12.1 Å². The highest BCUT2D eigenvalue weighted by molar-refractivity contribution is 5.76. The summed E-state index contributed by atoms with van der Waals surface area (Å²) in [5.74, 6) is -0.661. The number of anilines is 1. The third-order valence-corrected chi connectivity index (χ3v) is 2.52.